The van der Waals surface area contributed by atoms with Crippen LogP contribution in [-0.2, 0) is 0 Å². The number of amides is 4. The fourth-order valence-electron chi connectivity index (χ4n) is 2.78. The maximum atomic E-state index is 12.4. The SMILES string of the molecule is CC(C)CN1C(=O)N=C2C=CC=CC2/C1=N\C(=O)Nc1cccc(Cl)c1. The molecule has 0 aromatic heterocycles. The number of rotatable bonds is 3. The third-order valence-corrected chi connectivity index (χ3v) is 4.09. The Morgan fingerprint density at radius 2 is 2.19 bits per heavy atom. The number of carbonyl (C=O) groups is 2. The number of allylic oxidation sites excluding steroid dienone is 3. The molecule has 0 fully saturated rings. The van der Waals surface area contributed by atoms with Gasteiger partial charge in [-0.1, -0.05) is 49.7 Å². The van der Waals surface area contributed by atoms with E-state index in [1.54, 1.807) is 30.3 Å². The lowest BCUT2D eigenvalue weighted by molar-refractivity contribution is 0.224. The van der Waals surface area contributed by atoms with E-state index in [2.05, 4.69) is 15.3 Å². The van der Waals surface area contributed by atoms with E-state index in [1.807, 2.05) is 32.1 Å². The van der Waals surface area contributed by atoms with Gasteiger partial charge in [0.25, 0.3) is 0 Å². The van der Waals surface area contributed by atoms with Gasteiger partial charge in [-0.25, -0.2) is 9.59 Å². The second-order valence-electron chi connectivity index (χ2n) is 6.46. The molecule has 1 N–H and O–H groups in total. The zero-order valence-electron chi connectivity index (χ0n) is 14.5. The van der Waals surface area contributed by atoms with E-state index in [0.717, 1.165) is 0 Å². The molecule has 1 atom stereocenters. The van der Waals surface area contributed by atoms with Gasteiger partial charge >= 0.3 is 12.1 Å². The van der Waals surface area contributed by atoms with Crippen molar-refractivity contribution in [3.05, 3.63) is 53.6 Å². The van der Waals surface area contributed by atoms with Crippen molar-refractivity contribution < 1.29 is 9.59 Å². The van der Waals surface area contributed by atoms with Crippen LogP contribution < -0.4 is 5.32 Å². The predicted octanol–water partition coefficient (Wildman–Crippen LogP) is 4.55. The molecule has 0 saturated carbocycles. The first-order valence-electron chi connectivity index (χ1n) is 8.34. The molecule has 1 aromatic carbocycles. The smallest absolute Gasteiger partial charge is 0.306 e. The Hall–Kier alpha value is -2.73. The van der Waals surface area contributed by atoms with E-state index >= 15 is 0 Å². The number of amidine groups is 1. The number of halogens is 1. The number of nitrogens with one attached hydrogen (secondary N) is 1. The molecule has 26 heavy (non-hydrogen) atoms. The largest absolute Gasteiger partial charge is 0.349 e. The summed E-state index contributed by atoms with van der Waals surface area (Å²) < 4.78 is 0. The van der Waals surface area contributed by atoms with E-state index in [1.165, 1.54) is 4.90 Å². The van der Waals surface area contributed by atoms with E-state index in [4.69, 9.17) is 11.6 Å². The molecule has 1 unspecified atom stereocenters. The summed E-state index contributed by atoms with van der Waals surface area (Å²) in [5, 5.41) is 3.20. The number of carbonyl (C=O) groups excluding carboxylic acids is 2. The van der Waals surface area contributed by atoms with Crippen molar-refractivity contribution in [1.82, 2.24) is 4.90 Å². The number of hydrogen-bond donors (Lipinski definition) is 1. The number of hydrogen-bond acceptors (Lipinski definition) is 2. The lowest BCUT2D eigenvalue weighted by Gasteiger charge is -2.32. The van der Waals surface area contributed by atoms with Gasteiger partial charge in [-0.05, 0) is 30.2 Å². The zero-order valence-corrected chi connectivity index (χ0v) is 15.3. The molecule has 1 aliphatic carbocycles. The van der Waals surface area contributed by atoms with Crippen LogP contribution >= 0.6 is 11.6 Å². The number of nitrogens with zero attached hydrogens (tertiary/aromatic N) is 3. The van der Waals surface area contributed by atoms with Crippen molar-refractivity contribution in [3.63, 3.8) is 0 Å². The van der Waals surface area contributed by atoms with Crippen molar-refractivity contribution in [1.29, 1.82) is 0 Å². The number of fused-ring (bicyclic) bond motifs is 1. The summed E-state index contributed by atoms with van der Waals surface area (Å²) >= 11 is 5.94. The summed E-state index contributed by atoms with van der Waals surface area (Å²) in [5.74, 6) is 0.274. The molecule has 0 saturated heterocycles. The highest BCUT2D eigenvalue weighted by molar-refractivity contribution is 6.31. The maximum Gasteiger partial charge on any atom is 0.349 e. The minimum absolute atomic E-state index is 0.208. The van der Waals surface area contributed by atoms with Crippen molar-refractivity contribution in [2.24, 2.45) is 21.8 Å². The summed E-state index contributed by atoms with van der Waals surface area (Å²) in [6.07, 6.45) is 7.31. The number of anilines is 1. The molecule has 1 aromatic rings. The molecule has 1 aliphatic heterocycles. The van der Waals surface area contributed by atoms with Crippen molar-refractivity contribution in [3.8, 4) is 0 Å². The van der Waals surface area contributed by atoms with Crippen molar-refractivity contribution in [2.45, 2.75) is 13.8 Å². The highest BCUT2D eigenvalue weighted by Gasteiger charge is 2.34. The van der Waals surface area contributed by atoms with Gasteiger partial charge in [0.15, 0.2) is 0 Å². The van der Waals surface area contributed by atoms with Crippen LogP contribution in [0.25, 0.3) is 0 Å². The van der Waals surface area contributed by atoms with Gasteiger partial charge in [-0.3, -0.25) is 4.90 Å². The molecule has 6 nitrogen and oxygen atoms in total. The van der Waals surface area contributed by atoms with E-state index in [9.17, 15) is 9.59 Å². The number of benzene rings is 1. The number of urea groups is 2. The van der Waals surface area contributed by atoms with Gasteiger partial charge in [0, 0.05) is 17.3 Å². The van der Waals surface area contributed by atoms with Gasteiger partial charge in [0.05, 0.1) is 11.6 Å². The first-order valence-corrected chi connectivity index (χ1v) is 8.72. The number of aliphatic imine (C=N–C) groups is 2. The lowest BCUT2D eigenvalue weighted by atomic mass is 9.94. The first-order chi connectivity index (χ1) is 12.4. The fraction of sp³-hybridized carbons (Fsp3) is 0.263. The molecule has 3 rings (SSSR count). The normalized spacial score (nSPS) is 20.4. The second-order valence-corrected chi connectivity index (χ2v) is 6.89. The van der Waals surface area contributed by atoms with Gasteiger partial charge in [0.2, 0.25) is 0 Å². The Kier molecular flexibility index (Phi) is 5.32. The molecular weight excluding hydrogens is 352 g/mol. The summed E-state index contributed by atoms with van der Waals surface area (Å²) in [4.78, 5) is 34.7. The third kappa shape index (κ3) is 4.08. The van der Waals surface area contributed by atoms with Crippen LogP contribution in [0, 0.1) is 11.8 Å². The van der Waals surface area contributed by atoms with Crippen molar-refractivity contribution >= 4 is 40.9 Å². The standard InChI is InChI=1S/C19H19ClN4O2/c1-12(2)11-24-17(15-8-3-4-9-16(15)22-19(24)26)23-18(25)21-14-7-5-6-13(20)10-14/h3-10,12,15H,11H2,1-2H3,(H,21,25)/b23-17+. The van der Waals surface area contributed by atoms with Crippen LogP contribution in [0.4, 0.5) is 15.3 Å². The summed E-state index contributed by atoms with van der Waals surface area (Å²) in [5.41, 5.74) is 1.13. The highest BCUT2D eigenvalue weighted by Crippen LogP contribution is 2.22. The van der Waals surface area contributed by atoms with E-state index < -0.39 is 12.1 Å². The van der Waals surface area contributed by atoms with Gasteiger partial charge in [-0.2, -0.15) is 9.98 Å². The minimum Gasteiger partial charge on any atom is -0.306 e. The molecule has 134 valence electrons. The fourth-order valence-corrected chi connectivity index (χ4v) is 2.97. The predicted molar refractivity (Wildman–Crippen MR) is 104 cm³/mol. The molecule has 2 aliphatic rings. The second kappa shape index (κ2) is 7.66. The van der Waals surface area contributed by atoms with Crippen LogP contribution in [0.3, 0.4) is 0 Å². The van der Waals surface area contributed by atoms with E-state index in [-0.39, 0.29) is 11.8 Å². The van der Waals surface area contributed by atoms with Crippen LogP contribution in [0.5, 0.6) is 0 Å². The molecule has 4 amide bonds. The Morgan fingerprint density at radius 3 is 2.92 bits per heavy atom. The third-order valence-electron chi connectivity index (χ3n) is 3.85. The maximum absolute atomic E-state index is 12.4. The van der Waals surface area contributed by atoms with Gasteiger partial charge in [-0.15, -0.1) is 0 Å². The van der Waals surface area contributed by atoms with Crippen LogP contribution in [0.1, 0.15) is 13.8 Å². The Balaban J connectivity index is 1.91. The Labute approximate surface area is 157 Å². The zero-order chi connectivity index (χ0) is 18.7. The lowest BCUT2D eigenvalue weighted by Crippen LogP contribution is -2.48. The summed E-state index contributed by atoms with van der Waals surface area (Å²) in [6, 6.07) is 5.84. The quantitative estimate of drug-likeness (QED) is 0.847. The molecule has 0 spiro atoms. The monoisotopic (exact) mass is 370 g/mol. The molecule has 1 heterocycles. The van der Waals surface area contributed by atoms with Crippen molar-refractivity contribution in [2.75, 3.05) is 11.9 Å². The van der Waals surface area contributed by atoms with E-state index in [0.29, 0.717) is 28.8 Å². The highest BCUT2D eigenvalue weighted by atomic mass is 35.5. The molecule has 7 heteroatoms. The van der Waals surface area contributed by atoms with Crippen LogP contribution in [0.2, 0.25) is 5.02 Å². The average Bonchev–Trinajstić information content (AvgIpc) is 2.57. The van der Waals surface area contributed by atoms with Crippen LogP contribution in [-0.4, -0.2) is 35.1 Å². The summed E-state index contributed by atoms with van der Waals surface area (Å²) in [6.45, 7) is 4.42. The topological polar surface area (TPSA) is 74.1 Å². The molecule has 0 radical (unpaired) electrons. The molecular formula is C19H19ClN4O2. The minimum atomic E-state index is -0.562. The van der Waals surface area contributed by atoms with Gasteiger partial charge < -0.3 is 5.32 Å². The average molecular weight is 371 g/mol. The van der Waals surface area contributed by atoms with Gasteiger partial charge in [0.1, 0.15) is 5.84 Å². The Morgan fingerprint density at radius 1 is 1.38 bits per heavy atom. The van der Waals surface area contributed by atoms with Crippen LogP contribution in [0.15, 0.2) is 58.6 Å². The molecule has 0 bridgehead atoms. The summed E-state index contributed by atoms with van der Waals surface area (Å²) in [7, 11) is 0. The first kappa shape index (κ1) is 18.1. The Bertz CT molecular complexity index is 855.